The number of hydrogen-bond acceptors (Lipinski definition) is 2. The Morgan fingerprint density at radius 2 is 2.12 bits per heavy atom. The molecule has 16 heavy (non-hydrogen) atoms. The van der Waals surface area contributed by atoms with E-state index in [1.54, 1.807) is 7.11 Å². The van der Waals surface area contributed by atoms with Crippen LogP contribution in [0, 0.1) is 0 Å². The summed E-state index contributed by atoms with van der Waals surface area (Å²) in [6.07, 6.45) is 0. The van der Waals surface area contributed by atoms with Gasteiger partial charge in [-0.3, -0.25) is 0 Å². The van der Waals surface area contributed by atoms with Crippen molar-refractivity contribution in [3.8, 4) is 0 Å². The number of benzene rings is 1. The third-order valence-corrected chi connectivity index (χ3v) is 3.07. The Labute approximate surface area is 107 Å². The Morgan fingerprint density at radius 3 is 2.69 bits per heavy atom. The summed E-state index contributed by atoms with van der Waals surface area (Å²) < 4.78 is 5.09. The summed E-state index contributed by atoms with van der Waals surface area (Å²) >= 11 is 12.1. The Hall–Kier alpha value is -0.440. The minimum atomic E-state index is 0.472. The Morgan fingerprint density at radius 1 is 1.38 bits per heavy atom. The van der Waals surface area contributed by atoms with Gasteiger partial charge in [-0.05, 0) is 18.6 Å². The number of nitrogens with zero attached hydrogens (tertiary/aromatic N) is 1. The Balaban J connectivity index is 2.97. The number of anilines is 1. The molecule has 0 fully saturated rings. The summed E-state index contributed by atoms with van der Waals surface area (Å²) in [6, 6.07) is 5.82. The van der Waals surface area contributed by atoms with E-state index in [1.807, 2.05) is 18.2 Å². The highest BCUT2D eigenvalue weighted by Gasteiger charge is 2.12. The van der Waals surface area contributed by atoms with Gasteiger partial charge in [-0.2, -0.15) is 0 Å². The zero-order chi connectivity index (χ0) is 12.0. The predicted molar refractivity (Wildman–Crippen MR) is 70.8 cm³/mol. The van der Waals surface area contributed by atoms with E-state index in [9.17, 15) is 0 Å². The van der Waals surface area contributed by atoms with Crippen molar-refractivity contribution in [2.45, 2.75) is 12.8 Å². The lowest BCUT2D eigenvalue weighted by atomic mass is 10.2. The molecule has 0 unspecified atom stereocenters. The highest BCUT2D eigenvalue weighted by Crippen LogP contribution is 2.30. The number of ether oxygens (including phenoxy) is 1. The van der Waals surface area contributed by atoms with Crippen molar-refractivity contribution in [3.63, 3.8) is 0 Å². The van der Waals surface area contributed by atoms with Crippen LogP contribution >= 0.6 is 23.2 Å². The second kappa shape index (κ2) is 7.00. The quantitative estimate of drug-likeness (QED) is 0.727. The summed E-state index contributed by atoms with van der Waals surface area (Å²) in [6.45, 7) is 4.48. The minimum Gasteiger partial charge on any atom is -0.383 e. The molecule has 1 aromatic rings. The van der Waals surface area contributed by atoms with Gasteiger partial charge in [0.1, 0.15) is 0 Å². The highest BCUT2D eigenvalue weighted by molar-refractivity contribution is 6.33. The van der Waals surface area contributed by atoms with Gasteiger partial charge in [0.05, 0.1) is 17.3 Å². The molecule has 0 saturated carbocycles. The molecule has 0 radical (unpaired) electrons. The van der Waals surface area contributed by atoms with Gasteiger partial charge in [-0.1, -0.05) is 23.7 Å². The molecular weight excluding hydrogens is 245 g/mol. The van der Waals surface area contributed by atoms with Crippen molar-refractivity contribution in [2.75, 3.05) is 31.7 Å². The minimum absolute atomic E-state index is 0.472. The van der Waals surface area contributed by atoms with E-state index in [2.05, 4.69) is 11.8 Å². The fourth-order valence-corrected chi connectivity index (χ4v) is 2.18. The van der Waals surface area contributed by atoms with E-state index in [1.165, 1.54) is 0 Å². The zero-order valence-electron chi connectivity index (χ0n) is 9.67. The first-order chi connectivity index (χ1) is 7.74. The maximum atomic E-state index is 6.22. The lowest BCUT2D eigenvalue weighted by molar-refractivity contribution is 0.205. The molecule has 0 aliphatic carbocycles. The second-order valence-electron chi connectivity index (χ2n) is 3.45. The van der Waals surface area contributed by atoms with Crippen molar-refractivity contribution in [3.05, 3.63) is 28.8 Å². The average molecular weight is 262 g/mol. The van der Waals surface area contributed by atoms with Gasteiger partial charge in [-0.25, -0.2) is 0 Å². The first-order valence-electron chi connectivity index (χ1n) is 5.31. The summed E-state index contributed by atoms with van der Waals surface area (Å²) in [5.74, 6) is 0.472. The van der Waals surface area contributed by atoms with Crippen LogP contribution in [0.3, 0.4) is 0 Å². The second-order valence-corrected chi connectivity index (χ2v) is 4.13. The molecule has 0 saturated heterocycles. The Bertz CT molecular complexity index is 331. The molecule has 0 spiro atoms. The first kappa shape index (κ1) is 13.6. The van der Waals surface area contributed by atoms with E-state index < -0.39 is 0 Å². The molecule has 1 aromatic carbocycles. The summed E-state index contributed by atoms with van der Waals surface area (Å²) in [7, 11) is 1.70. The number of hydrogen-bond donors (Lipinski definition) is 0. The molecular formula is C12H17Cl2NO. The standard InChI is InChI=1S/C12H17Cl2NO/c1-3-15(7-8-16-2)12-10(9-13)5-4-6-11(12)14/h4-6H,3,7-9H2,1-2H3. The maximum absolute atomic E-state index is 6.22. The molecule has 0 atom stereocenters. The molecule has 0 bridgehead atoms. The molecule has 90 valence electrons. The van der Waals surface area contributed by atoms with E-state index >= 15 is 0 Å². The van der Waals surface area contributed by atoms with Crippen LogP contribution in [0.25, 0.3) is 0 Å². The van der Waals surface area contributed by atoms with E-state index in [0.717, 1.165) is 29.4 Å². The fraction of sp³-hybridized carbons (Fsp3) is 0.500. The van der Waals surface area contributed by atoms with E-state index in [0.29, 0.717) is 12.5 Å². The SMILES string of the molecule is CCN(CCOC)c1c(Cl)cccc1CCl. The Kier molecular flexibility index (Phi) is 5.96. The number of methoxy groups -OCH3 is 1. The van der Waals surface area contributed by atoms with Crippen LogP contribution < -0.4 is 4.90 Å². The molecule has 2 nitrogen and oxygen atoms in total. The lowest BCUT2D eigenvalue weighted by Crippen LogP contribution is -2.28. The average Bonchev–Trinajstić information content (AvgIpc) is 2.31. The van der Waals surface area contributed by atoms with Crippen LogP contribution in [-0.2, 0) is 10.6 Å². The summed E-state index contributed by atoms with van der Waals surface area (Å²) in [5.41, 5.74) is 2.09. The molecule has 0 N–H and O–H groups in total. The van der Waals surface area contributed by atoms with Crippen LogP contribution in [0.1, 0.15) is 12.5 Å². The van der Waals surface area contributed by atoms with Gasteiger partial charge < -0.3 is 9.64 Å². The smallest absolute Gasteiger partial charge is 0.0642 e. The molecule has 0 heterocycles. The molecule has 4 heteroatoms. The number of rotatable bonds is 6. The van der Waals surface area contributed by atoms with Crippen LogP contribution in [0.4, 0.5) is 5.69 Å². The van der Waals surface area contributed by atoms with Crippen molar-refractivity contribution in [1.29, 1.82) is 0 Å². The number of likely N-dealkylation sites (N-methyl/N-ethyl adjacent to an activating group) is 1. The summed E-state index contributed by atoms with van der Waals surface area (Å²) in [5, 5.41) is 0.746. The van der Waals surface area contributed by atoms with E-state index in [-0.39, 0.29) is 0 Å². The largest absolute Gasteiger partial charge is 0.383 e. The first-order valence-corrected chi connectivity index (χ1v) is 6.23. The number of halogens is 2. The van der Waals surface area contributed by atoms with Gasteiger partial charge in [0.15, 0.2) is 0 Å². The molecule has 0 aliphatic heterocycles. The maximum Gasteiger partial charge on any atom is 0.0642 e. The fourth-order valence-electron chi connectivity index (χ4n) is 1.65. The predicted octanol–water partition coefficient (Wildman–Crippen LogP) is 3.55. The molecule has 0 amide bonds. The van der Waals surface area contributed by atoms with Crippen molar-refractivity contribution < 1.29 is 4.74 Å². The van der Waals surface area contributed by atoms with Crippen molar-refractivity contribution >= 4 is 28.9 Å². The van der Waals surface area contributed by atoms with Gasteiger partial charge in [0.25, 0.3) is 0 Å². The van der Waals surface area contributed by atoms with Gasteiger partial charge in [0, 0.05) is 26.1 Å². The van der Waals surface area contributed by atoms with Crippen LogP contribution in [0.5, 0.6) is 0 Å². The van der Waals surface area contributed by atoms with Crippen LogP contribution in [0.15, 0.2) is 18.2 Å². The molecule has 1 rings (SSSR count). The monoisotopic (exact) mass is 261 g/mol. The highest BCUT2D eigenvalue weighted by atomic mass is 35.5. The number of para-hydroxylation sites is 1. The van der Waals surface area contributed by atoms with Crippen LogP contribution in [0.2, 0.25) is 5.02 Å². The van der Waals surface area contributed by atoms with Gasteiger partial charge in [-0.15, -0.1) is 11.6 Å². The summed E-state index contributed by atoms with van der Waals surface area (Å²) in [4.78, 5) is 2.18. The van der Waals surface area contributed by atoms with Crippen LogP contribution in [-0.4, -0.2) is 26.8 Å². The third-order valence-electron chi connectivity index (χ3n) is 2.48. The lowest BCUT2D eigenvalue weighted by Gasteiger charge is -2.26. The van der Waals surface area contributed by atoms with E-state index in [4.69, 9.17) is 27.9 Å². The number of alkyl halides is 1. The van der Waals surface area contributed by atoms with Gasteiger partial charge >= 0.3 is 0 Å². The zero-order valence-corrected chi connectivity index (χ0v) is 11.2. The molecule has 0 aliphatic rings. The molecule has 0 aromatic heterocycles. The van der Waals surface area contributed by atoms with Crippen molar-refractivity contribution in [2.24, 2.45) is 0 Å². The normalized spacial score (nSPS) is 10.5. The third kappa shape index (κ3) is 3.27. The topological polar surface area (TPSA) is 12.5 Å². The van der Waals surface area contributed by atoms with Gasteiger partial charge in [0.2, 0.25) is 0 Å². The van der Waals surface area contributed by atoms with Crippen molar-refractivity contribution in [1.82, 2.24) is 0 Å².